The van der Waals surface area contributed by atoms with Crippen molar-refractivity contribution in [2.45, 2.75) is 24.9 Å². The van der Waals surface area contributed by atoms with Crippen LogP contribution >= 0.6 is 0 Å². The van der Waals surface area contributed by atoms with E-state index in [1.54, 1.807) is 0 Å². The third-order valence-electron chi connectivity index (χ3n) is 2.15. The highest BCUT2D eigenvalue weighted by molar-refractivity contribution is 7.90. The Balaban J connectivity index is 4.54. The van der Waals surface area contributed by atoms with E-state index in [-0.39, 0.29) is 6.42 Å². The molecule has 0 heterocycles. The number of rotatable bonds is 8. The van der Waals surface area contributed by atoms with E-state index in [1.165, 1.54) is 0 Å². The molecule has 0 aliphatic rings. The number of nitrogens with one attached hydrogen (secondary N) is 1. The Labute approximate surface area is 110 Å². The molecule has 2 unspecified atom stereocenters. The molecule has 0 saturated carbocycles. The number of hydrogen-bond acceptors (Lipinski definition) is 6. The molecule has 0 aromatic rings. The number of carbonyl (C=O) groups is 3. The van der Waals surface area contributed by atoms with Crippen LogP contribution in [0.3, 0.4) is 0 Å². The van der Waals surface area contributed by atoms with Crippen molar-refractivity contribution in [3.8, 4) is 0 Å². The van der Waals surface area contributed by atoms with Gasteiger partial charge in [0.15, 0.2) is 0 Å². The number of hydrogen-bond donors (Lipinski definition) is 4. The average Bonchev–Trinajstić information content (AvgIpc) is 2.20. The van der Waals surface area contributed by atoms with Crippen molar-refractivity contribution in [1.82, 2.24) is 5.32 Å². The summed E-state index contributed by atoms with van der Waals surface area (Å²) in [5.74, 6) is -3.45. The van der Waals surface area contributed by atoms with Crippen LogP contribution in [0.1, 0.15) is 12.8 Å². The first kappa shape index (κ1) is 17.3. The third-order valence-corrected chi connectivity index (χ3v) is 3.13. The Morgan fingerprint density at radius 1 is 1.32 bits per heavy atom. The van der Waals surface area contributed by atoms with Crippen molar-refractivity contribution >= 4 is 27.6 Å². The van der Waals surface area contributed by atoms with Crippen LogP contribution in [0.2, 0.25) is 0 Å². The van der Waals surface area contributed by atoms with E-state index in [0.29, 0.717) is 0 Å². The lowest BCUT2D eigenvalue weighted by Gasteiger charge is -2.16. The van der Waals surface area contributed by atoms with Gasteiger partial charge in [-0.2, -0.15) is 0 Å². The lowest BCUT2D eigenvalue weighted by atomic mass is 10.1. The van der Waals surface area contributed by atoms with E-state index in [0.717, 1.165) is 6.26 Å². The van der Waals surface area contributed by atoms with E-state index in [4.69, 9.17) is 16.6 Å². The minimum Gasteiger partial charge on any atom is -0.480 e. The number of sulfone groups is 1. The van der Waals surface area contributed by atoms with Gasteiger partial charge < -0.3 is 21.9 Å². The molecule has 0 radical (unpaired) electrons. The zero-order valence-electron chi connectivity index (χ0n) is 10.3. The van der Waals surface area contributed by atoms with Crippen molar-refractivity contribution < 1.29 is 27.9 Å². The molecule has 0 rings (SSSR count). The molecule has 19 heavy (non-hydrogen) atoms. The van der Waals surface area contributed by atoms with Crippen LogP contribution in [0.5, 0.6) is 0 Å². The molecule has 0 aliphatic carbocycles. The monoisotopic (exact) mass is 295 g/mol. The van der Waals surface area contributed by atoms with Gasteiger partial charge in [-0.05, 0) is 6.42 Å². The first-order chi connectivity index (χ1) is 8.53. The number of carboxylic acids is 1. The van der Waals surface area contributed by atoms with Gasteiger partial charge >= 0.3 is 5.97 Å². The van der Waals surface area contributed by atoms with Crippen molar-refractivity contribution in [3.63, 3.8) is 0 Å². The summed E-state index contributed by atoms with van der Waals surface area (Å²) in [6.45, 7) is 0. The van der Waals surface area contributed by atoms with Gasteiger partial charge in [0.05, 0.1) is 18.2 Å². The highest BCUT2D eigenvalue weighted by Gasteiger charge is 2.25. The van der Waals surface area contributed by atoms with Crippen LogP contribution < -0.4 is 16.8 Å². The summed E-state index contributed by atoms with van der Waals surface area (Å²) in [6, 6.07) is -2.65. The Bertz CT molecular complexity index is 461. The zero-order valence-corrected chi connectivity index (χ0v) is 11.1. The molecule has 6 N–H and O–H groups in total. The Morgan fingerprint density at radius 2 is 1.84 bits per heavy atom. The molecular weight excluding hydrogens is 278 g/mol. The molecule has 0 spiro atoms. The maximum absolute atomic E-state index is 11.5. The standard InChI is InChI=1S/C9H17N3O6S/c1-19(17,18)3-2-6(9(15)16)12-8(14)5(10)4-7(11)13/h5-6H,2-4,10H2,1H3,(H2,11,13)(H,12,14)(H,15,16). The summed E-state index contributed by atoms with van der Waals surface area (Å²) in [4.78, 5) is 32.9. The molecule has 110 valence electrons. The van der Waals surface area contributed by atoms with E-state index < -0.39 is 51.9 Å². The van der Waals surface area contributed by atoms with Gasteiger partial charge in [0, 0.05) is 6.26 Å². The van der Waals surface area contributed by atoms with Gasteiger partial charge in [-0.1, -0.05) is 0 Å². The van der Waals surface area contributed by atoms with E-state index in [9.17, 15) is 22.8 Å². The van der Waals surface area contributed by atoms with Gasteiger partial charge in [-0.25, -0.2) is 13.2 Å². The lowest BCUT2D eigenvalue weighted by Crippen LogP contribution is -2.50. The van der Waals surface area contributed by atoms with Crippen molar-refractivity contribution in [3.05, 3.63) is 0 Å². The summed E-state index contributed by atoms with van der Waals surface area (Å²) in [6.07, 6.45) is 0.236. The smallest absolute Gasteiger partial charge is 0.326 e. The summed E-state index contributed by atoms with van der Waals surface area (Å²) in [5, 5.41) is 10.9. The summed E-state index contributed by atoms with van der Waals surface area (Å²) >= 11 is 0. The predicted octanol–water partition coefficient (Wildman–Crippen LogP) is -2.81. The first-order valence-electron chi connectivity index (χ1n) is 5.27. The topological polar surface area (TPSA) is 170 Å². The lowest BCUT2D eigenvalue weighted by molar-refractivity contribution is -0.142. The average molecular weight is 295 g/mol. The Hall–Kier alpha value is -1.68. The quantitative estimate of drug-likeness (QED) is 0.374. The minimum atomic E-state index is -3.35. The van der Waals surface area contributed by atoms with Crippen LogP contribution in [-0.2, 0) is 24.2 Å². The Morgan fingerprint density at radius 3 is 2.21 bits per heavy atom. The molecule has 10 heteroatoms. The van der Waals surface area contributed by atoms with E-state index >= 15 is 0 Å². The number of nitrogens with two attached hydrogens (primary N) is 2. The number of amides is 2. The van der Waals surface area contributed by atoms with Gasteiger partial charge in [0.1, 0.15) is 15.9 Å². The maximum Gasteiger partial charge on any atom is 0.326 e. The van der Waals surface area contributed by atoms with Gasteiger partial charge in [0.2, 0.25) is 11.8 Å². The fraction of sp³-hybridized carbons (Fsp3) is 0.667. The predicted molar refractivity (Wildman–Crippen MR) is 65.7 cm³/mol. The molecular formula is C9H17N3O6S. The largest absolute Gasteiger partial charge is 0.480 e. The summed E-state index contributed by atoms with van der Waals surface area (Å²) in [7, 11) is -3.35. The first-order valence-corrected chi connectivity index (χ1v) is 7.33. The van der Waals surface area contributed by atoms with Crippen LogP contribution in [0.25, 0.3) is 0 Å². The fourth-order valence-electron chi connectivity index (χ4n) is 1.18. The molecule has 0 bridgehead atoms. The fourth-order valence-corrected chi connectivity index (χ4v) is 1.84. The molecule has 0 aliphatic heterocycles. The normalized spacial score (nSPS) is 14.4. The molecule has 0 aromatic carbocycles. The minimum absolute atomic E-state index is 0.288. The van der Waals surface area contributed by atoms with Crippen LogP contribution in [0.4, 0.5) is 0 Å². The second-order valence-electron chi connectivity index (χ2n) is 4.09. The summed E-state index contributed by atoms with van der Waals surface area (Å²) < 4.78 is 21.9. The third kappa shape index (κ3) is 8.11. The zero-order chi connectivity index (χ0) is 15.2. The molecule has 0 aromatic heterocycles. The molecule has 0 fully saturated rings. The highest BCUT2D eigenvalue weighted by atomic mass is 32.2. The highest BCUT2D eigenvalue weighted by Crippen LogP contribution is 1.98. The van der Waals surface area contributed by atoms with Gasteiger partial charge in [0.25, 0.3) is 0 Å². The number of aliphatic carboxylic acids is 1. The summed E-state index contributed by atoms with van der Waals surface area (Å²) in [5.41, 5.74) is 10.2. The second kappa shape index (κ2) is 7.04. The van der Waals surface area contributed by atoms with Crippen molar-refractivity contribution in [2.24, 2.45) is 11.5 Å². The SMILES string of the molecule is CS(=O)(=O)CCC(NC(=O)C(N)CC(N)=O)C(=O)O. The van der Waals surface area contributed by atoms with E-state index in [2.05, 4.69) is 5.32 Å². The van der Waals surface area contributed by atoms with Crippen LogP contribution in [0.15, 0.2) is 0 Å². The van der Waals surface area contributed by atoms with Crippen LogP contribution in [-0.4, -0.2) is 55.4 Å². The number of carbonyl (C=O) groups excluding carboxylic acids is 2. The van der Waals surface area contributed by atoms with Crippen molar-refractivity contribution in [2.75, 3.05) is 12.0 Å². The second-order valence-corrected chi connectivity index (χ2v) is 6.35. The maximum atomic E-state index is 11.5. The molecule has 9 nitrogen and oxygen atoms in total. The van der Waals surface area contributed by atoms with Gasteiger partial charge in [-0.3, -0.25) is 9.59 Å². The van der Waals surface area contributed by atoms with Gasteiger partial charge in [-0.15, -0.1) is 0 Å². The molecule has 2 atom stereocenters. The molecule has 2 amide bonds. The Kier molecular flexibility index (Phi) is 6.42. The van der Waals surface area contributed by atoms with E-state index in [1.807, 2.05) is 0 Å². The van der Waals surface area contributed by atoms with Crippen molar-refractivity contribution in [1.29, 1.82) is 0 Å². The number of primary amides is 1. The molecule has 0 saturated heterocycles. The van der Waals surface area contributed by atoms with Crippen LogP contribution in [0, 0.1) is 0 Å². The number of carboxylic acid groups (broad SMARTS) is 1.